The number of hydrogen-bond donors (Lipinski definition) is 1. The lowest BCUT2D eigenvalue weighted by atomic mass is 9.87. The van der Waals surface area contributed by atoms with Crippen molar-refractivity contribution in [3.63, 3.8) is 0 Å². The topological polar surface area (TPSA) is 66.5 Å². The van der Waals surface area contributed by atoms with Gasteiger partial charge in [0.25, 0.3) is 0 Å². The standard InChI is InChI=1S/C16H24N2O3S/c1-16(2,3)13-5-7-14(8-6-13)22(20,21)12-9-17-15(19)18-10-4-11-18/h5-8H,4,9-12H2,1-3H3,(H,17,19). The summed E-state index contributed by atoms with van der Waals surface area (Å²) in [5.41, 5.74) is 1.09. The molecule has 1 saturated heterocycles. The molecule has 122 valence electrons. The van der Waals surface area contributed by atoms with Gasteiger partial charge in [-0.15, -0.1) is 0 Å². The molecular weight excluding hydrogens is 300 g/mol. The van der Waals surface area contributed by atoms with Gasteiger partial charge in [-0.2, -0.15) is 0 Å². The van der Waals surface area contributed by atoms with Crippen LogP contribution in [0.2, 0.25) is 0 Å². The quantitative estimate of drug-likeness (QED) is 0.923. The first-order chi connectivity index (χ1) is 10.2. The Morgan fingerprint density at radius 3 is 2.23 bits per heavy atom. The Balaban J connectivity index is 1.93. The van der Waals surface area contributed by atoms with E-state index in [-0.39, 0.29) is 23.7 Å². The minimum absolute atomic E-state index is 0.00646. The van der Waals surface area contributed by atoms with Crippen LogP contribution in [-0.4, -0.2) is 44.7 Å². The van der Waals surface area contributed by atoms with Crippen LogP contribution in [0.25, 0.3) is 0 Å². The van der Waals surface area contributed by atoms with Crippen molar-refractivity contribution < 1.29 is 13.2 Å². The fourth-order valence-corrected chi connectivity index (χ4v) is 3.36. The molecule has 0 bridgehead atoms. The predicted molar refractivity (Wildman–Crippen MR) is 86.8 cm³/mol. The highest BCUT2D eigenvalue weighted by Gasteiger charge is 2.21. The van der Waals surface area contributed by atoms with Gasteiger partial charge in [0.1, 0.15) is 0 Å². The van der Waals surface area contributed by atoms with Crippen LogP contribution in [0, 0.1) is 0 Å². The lowest BCUT2D eigenvalue weighted by Gasteiger charge is -2.30. The van der Waals surface area contributed by atoms with E-state index in [0.29, 0.717) is 4.90 Å². The summed E-state index contributed by atoms with van der Waals surface area (Å²) in [5, 5.41) is 2.65. The molecule has 1 fully saturated rings. The minimum atomic E-state index is -3.37. The van der Waals surface area contributed by atoms with Crippen LogP contribution in [-0.2, 0) is 15.3 Å². The first-order valence-corrected chi connectivity index (χ1v) is 9.21. The molecule has 2 rings (SSSR count). The Morgan fingerprint density at radius 2 is 1.77 bits per heavy atom. The number of carbonyl (C=O) groups excluding carboxylic acids is 1. The molecule has 6 heteroatoms. The summed E-state index contributed by atoms with van der Waals surface area (Å²) < 4.78 is 24.5. The van der Waals surface area contributed by atoms with E-state index >= 15 is 0 Å². The molecule has 1 N–H and O–H groups in total. The van der Waals surface area contributed by atoms with Crippen molar-refractivity contribution in [1.29, 1.82) is 0 Å². The molecule has 2 amide bonds. The highest BCUT2D eigenvalue weighted by Crippen LogP contribution is 2.23. The number of sulfone groups is 1. The summed E-state index contributed by atoms with van der Waals surface area (Å²) in [6, 6.07) is 6.82. The third kappa shape index (κ3) is 4.00. The fourth-order valence-electron chi connectivity index (χ4n) is 2.20. The predicted octanol–water partition coefficient (Wildman–Crippen LogP) is 2.17. The van der Waals surface area contributed by atoms with Crippen molar-refractivity contribution in [2.24, 2.45) is 0 Å². The van der Waals surface area contributed by atoms with Crippen LogP contribution in [0.3, 0.4) is 0 Å². The van der Waals surface area contributed by atoms with Crippen molar-refractivity contribution in [2.45, 2.75) is 37.5 Å². The Hall–Kier alpha value is -1.56. The molecule has 0 saturated carbocycles. The average Bonchev–Trinajstić information content (AvgIpc) is 2.35. The number of nitrogens with zero attached hydrogens (tertiary/aromatic N) is 1. The molecule has 0 aromatic heterocycles. The molecule has 0 radical (unpaired) electrons. The molecule has 0 atom stereocenters. The molecule has 1 aromatic rings. The van der Waals surface area contributed by atoms with Gasteiger partial charge < -0.3 is 10.2 Å². The summed E-state index contributed by atoms with van der Waals surface area (Å²) in [5.74, 6) is -0.0819. The maximum absolute atomic E-state index is 12.3. The summed E-state index contributed by atoms with van der Waals surface area (Å²) >= 11 is 0. The average molecular weight is 324 g/mol. The van der Waals surface area contributed by atoms with Gasteiger partial charge in [-0.1, -0.05) is 32.9 Å². The van der Waals surface area contributed by atoms with Crippen molar-refractivity contribution in [3.05, 3.63) is 29.8 Å². The number of carbonyl (C=O) groups is 1. The van der Waals surface area contributed by atoms with E-state index in [1.165, 1.54) is 0 Å². The highest BCUT2D eigenvalue weighted by atomic mass is 32.2. The summed E-state index contributed by atoms with van der Waals surface area (Å²) in [7, 11) is -3.37. The molecule has 1 aliphatic rings. The number of benzene rings is 1. The van der Waals surface area contributed by atoms with Crippen LogP contribution >= 0.6 is 0 Å². The van der Waals surface area contributed by atoms with Crippen LogP contribution < -0.4 is 5.32 Å². The lowest BCUT2D eigenvalue weighted by molar-refractivity contribution is 0.168. The molecule has 5 nitrogen and oxygen atoms in total. The van der Waals surface area contributed by atoms with E-state index in [2.05, 4.69) is 26.1 Å². The summed E-state index contributed by atoms with van der Waals surface area (Å²) in [6.45, 7) is 7.91. The number of amides is 2. The second kappa shape index (κ2) is 6.28. The van der Waals surface area contributed by atoms with Crippen molar-refractivity contribution in [1.82, 2.24) is 10.2 Å². The van der Waals surface area contributed by atoms with Gasteiger partial charge in [0.15, 0.2) is 9.84 Å². The Labute approximate surface area is 132 Å². The molecular formula is C16H24N2O3S. The first-order valence-electron chi connectivity index (χ1n) is 7.56. The van der Waals surface area contributed by atoms with Gasteiger partial charge in [0.05, 0.1) is 10.6 Å². The zero-order valence-corrected chi connectivity index (χ0v) is 14.2. The lowest BCUT2D eigenvalue weighted by Crippen LogP contribution is -2.48. The SMILES string of the molecule is CC(C)(C)c1ccc(S(=O)(=O)CCNC(=O)N2CCC2)cc1. The van der Waals surface area contributed by atoms with Gasteiger partial charge in [-0.25, -0.2) is 13.2 Å². The third-order valence-corrected chi connectivity index (χ3v) is 5.60. The van der Waals surface area contributed by atoms with E-state index in [0.717, 1.165) is 25.1 Å². The molecule has 0 aliphatic carbocycles. The van der Waals surface area contributed by atoms with Gasteiger partial charge >= 0.3 is 6.03 Å². The third-order valence-electron chi connectivity index (χ3n) is 3.87. The van der Waals surface area contributed by atoms with E-state index in [9.17, 15) is 13.2 Å². The second-order valence-electron chi connectivity index (χ2n) is 6.67. The zero-order chi connectivity index (χ0) is 16.4. The summed E-state index contributed by atoms with van der Waals surface area (Å²) in [4.78, 5) is 13.6. The smallest absolute Gasteiger partial charge is 0.317 e. The Morgan fingerprint density at radius 1 is 1.18 bits per heavy atom. The van der Waals surface area contributed by atoms with Crippen molar-refractivity contribution in [3.8, 4) is 0 Å². The largest absolute Gasteiger partial charge is 0.337 e. The maximum atomic E-state index is 12.3. The van der Waals surface area contributed by atoms with E-state index in [4.69, 9.17) is 0 Å². The Bertz CT molecular complexity index is 626. The molecule has 1 aromatic carbocycles. The van der Waals surface area contributed by atoms with Gasteiger partial charge in [0, 0.05) is 19.6 Å². The summed E-state index contributed by atoms with van der Waals surface area (Å²) in [6.07, 6.45) is 1.02. The van der Waals surface area contributed by atoms with Crippen LogP contribution in [0.5, 0.6) is 0 Å². The number of hydrogen-bond acceptors (Lipinski definition) is 3. The fraction of sp³-hybridized carbons (Fsp3) is 0.562. The highest BCUT2D eigenvalue weighted by molar-refractivity contribution is 7.91. The molecule has 0 spiro atoms. The van der Waals surface area contributed by atoms with E-state index in [1.54, 1.807) is 17.0 Å². The van der Waals surface area contributed by atoms with Gasteiger partial charge in [0.2, 0.25) is 0 Å². The number of rotatable bonds is 4. The number of nitrogens with one attached hydrogen (secondary N) is 1. The normalized spacial score (nSPS) is 15.3. The second-order valence-corrected chi connectivity index (χ2v) is 8.77. The zero-order valence-electron chi connectivity index (χ0n) is 13.4. The molecule has 22 heavy (non-hydrogen) atoms. The monoisotopic (exact) mass is 324 g/mol. The van der Waals surface area contributed by atoms with Gasteiger partial charge in [-0.3, -0.25) is 0 Å². The molecule has 1 heterocycles. The van der Waals surface area contributed by atoms with E-state index < -0.39 is 9.84 Å². The van der Waals surface area contributed by atoms with Crippen molar-refractivity contribution >= 4 is 15.9 Å². The van der Waals surface area contributed by atoms with Crippen LogP contribution in [0.4, 0.5) is 4.79 Å². The van der Waals surface area contributed by atoms with Crippen LogP contribution in [0.1, 0.15) is 32.8 Å². The Kier molecular flexibility index (Phi) is 4.80. The number of urea groups is 1. The minimum Gasteiger partial charge on any atom is -0.337 e. The van der Waals surface area contributed by atoms with E-state index in [1.807, 2.05) is 12.1 Å². The van der Waals surface area contributed by atoms with Crippen molar-refractivity contribution in [2.75, 3.05) is 25.4 Å². The number of likely N-dealkylation sites (tertiary alicyclic amines) is 1. The van der Waals surface area contributed by atoms with Crippen LogP contribution in [0.15, 0.2) is 29.2 Å². The first kappa shape index (κ1) is 16.8. The molecule has 0 unspecified atom stereocenters. The van der Waals surface area contributed by atoms with Gasteiger partial charge in [-0.05, 0) is 29.5 Å². The maximum Gasteiger partial charge on any atom is 0.317 e. The molecule has 1 aliphatic heterocycles.